The predicted molar refractivity (Wildman–Crippen MR) is 67.5 cm³/mol. The topological polar surface area (TPSA) is 15.6 Å². The van der Waals surface area contributed by atoms with Gasteiger partial charge < -0.3 is 0 Å². The maximum atomic E-state index is 4.51. The first-order chi connectivity index (χ1) is 7.36. The second-order valence-electron chi connectivity index (χ2n) is 4.54. The van der Waals surface area contributed by atoms with Crippen molar-refractivity contribution in [3.63, 3.8) is 0 Å². The molecule has 0 saturated heterocycles. The summed E-state index contributed by atoms with van der Waals surface area (Å²) in [6, 6.07) is 0. The van der Waals surface area contributed by atoms with Gasteiger partial charge in [-0.1, -0.05) is 46.0 Å². The third-order valence-corrected chi connectivity index (χ3v) is 3.14. The largest absolute Gasteiger partial charge is 0.279 e. The summed E-state index contributed by atoms with van der Waals surface area (Å²) in [4.78, 5) is 6.98. The van der Waals surface area contributed by atoms with Crippen molar-refractivity contribution in [1.82, 2.24) is 4.90 Å². The second-order valence-corrected chi connectivity index (χ2v) is 4.54. The van der Waals surface area contributed by atoms with E-state index in [9.17, 15) is 0 Å². The van der Waals surface area contributed by atoms with Crippen molar-refractivity contribution in [3.05, 3.63) is 0 Å². The first-order valence-electron chi connectivity index (χ1n) is 6.61. The van der Waals surface area contributed by atoms with Crippen LogP contribution in [0.3, 0.4) is 0 Å². The fourth-order valence-corrected chi connectivity index (χ4v) is 2.05. The predicted octanol–water partition coefficient (Wildman–Crippen LogP) is 3.47. The lowest BCUT2D eigenvalue weighted by atomic mass is 10.1. The van der Waals surface area contributed by atoms with Gasteiger partial charge in [-0.05, 0) is 12.8 Å². The Hall–Kier alpha value is -0.370. The van der Waals surface area contributed by atoms with E-state index in [1.54, 1.807) is 0 Å². The van der Waals surface area contributed by atoms with Gasteiger partial charge in [0, 0.05) is 18.8 Å². The lowest BCUT2D eigenvalue weighted by Gasteiger charge is -2.13. The van der Waals surface area contributed by atoms with Gasteiger partial charge in [0.2, 0.25) is 0 Å². The molecule has 2 heteroatoms. The zero-order valence-electron chi connectivity index (χ0n) is 10.5. The minimum atomic E-state index is 0.956. The van der Waals surface area contributed by atoms with Crippen LogP contribution in [0.1, 0.15) is 58.8 Å². The fraction of sp³-hybridized carbons (Fsp3) is 0.923. The van der Waals surface area contributed by atoms with Crippen molar-refractivity contribution in [3.8, 4) is 0 Å². The van der Waals surface area contributed by atoms with Crippen LogP contribution in [0, 0.1) is 0 Å². The maximum absolute atomic E-state index is 4.51. The summed E-state index contributed by atoms with van der Waals surface area (Å²) in [5, 5.41) is 0. The highest BCUT2D eigenvalue weighted by Crippen LogP contribution is 2.08. The van der Waals surface area contributed by atoms with Gasteiger partial charge in [-0.2, -0.15) is 0 Å². The Morgan fingerprint density at radius 2 is 1.80 bits per heavy atom. The van der Waals surface area contributed by atoms with E-state index < -0.39 is 0 Å². The van der Waals surface area contributed by atoms with Crippen molar-refractivity contribution >= 4 is 5.71 Å². The van der Waals surface area contributed by atoms with Crippen LogP contribution in [-0.4, -0.2) is 30.4 Å². The van der Waals surface area contributed by atoms with Crippen molar-refractivity contribution in [1.29, 1.82) is 0 Å². The molecule has 1 rings (SSSR count). The van der Waals surface area contributed by atoms with Crippen LogP contribution in [-0.2, 0) is 0 Å². The molecule has 0 spiro atoms. The van der Waals surface area contributed by atoms with Crippen LogP contribution < -0.4 is 0 Å². The number of unbranched alkanes of at least 4 members (excludes halogenated alkanes) is 5. The molecular weight excluding hydrogens is 184 g/mol. The monoisotopic (exact) mass is 210 g/mol. The number of nitrogens with zero attached hydrogens (tertiary/aromatic N) is 2. The quantitative estimate of drug-likeness (QED) is 0.560. The lowest BCUT2D eigenvalue weighted by molar-refractivity contribution is 0.330. The standard InChI is InChI=1S/C13H26N2/c1-3-5-6-7-8-9-10-15-11-13(4-2)14-12-15/h3-12H2,1-2H3. The molecule has 0 aromatic carbocycles. The molecule has 1 aliphatic heterocycles. The fourth-order valence-electron chi connectivity index (χ4n) is 2.05. The first-order valence-corrected chi connectivity index (χ1v) is 6.61. The molecule has 0 amide bonds. The number of hydrogen-bond donors (Lipinski definition) is 0. The van der Waals surface area contributed by atoms with Gasteiger partial charge in [0.25, 0.3) is 0 Å². The number of aliphatic imine (C=N–C) groups is 1. The highest BCUT2D eigenvalue weighted by atomic mass is 15.2. The van der Waals surface area contributed by atoms with Gasteiger partial charge in [0.05, 0.1) is 6.67 Å². The molecule has 15 heavy (non-hydrogen) atoms. The Kier molecular flexibility index (Phi) is 6.66. The molecule has 2 nitrogen and oxygen atoms in total. The third-order valence-electron chi connectivity index (χ3n) is 3.14. The van der Waals surface area contributed by atoms with Crippen molar-refractivity contribution < 1.29 is 0 Å². The van der Waals surface area contributed by atoms with E-state index in [1.165, 1.54) is 50.8 Å². The lowest BCUT2D eigenvalue weighted by Crippen LogP contribution is -2.24. The van der Waals surface area contributed by atoms with Crippen molar-refractivity contribution in [2.45, 2.75) is 58.8 Å². The van der Waals surface area contributed by atoms with E-state index in [0.29, 0.717) is 0 Å². The van der Waals surface area contributed by atoms with Gasteiger partial charge in [0.15, 0.2) is 0 Å². The molecule has 0 unspecified atom stereocenters. The second kappa shape index (κ2) is 7.86. The minimum absolute atomic E-state index is 0.956. The maximum Gasteiger partial charge on any atom is 0.0912 e. The average Bonchev–Trinajstić information content (AvgIpc) is 2.71. The molecule has 0 N–H and O–H groups in total. The average molecular weight is 210 g/mol. The van der Waals surface area contributed by atoms with Crippen molar-refractivity contribution in [2.24, 2.45) is 4.99 Å². The minimum Gasteiger partial charge on any atom is -0.279 e. The third kappa shape index (κ3) is 5.31. The van der Waals surface area contributed by atoms with Gasteiger partial charge >= 0.3 is 0 Å². The van der Waals surface area contributed by atoms with Crippen LogP contribution in [0.2, 0.25) is 0 Å². The van der Waals surface area contributed by atoms with E-state index >= 15 is 0 Å². The zero-order chi connectivity index (χ0) is 10.9. The smallest absolute Gasteiger partial charge is 0.0912 e. The van der Waals surface area contributed by atoms with E-state index in [1.807, 2.05) is 0 Å². The summed E-state index contributed by atoms with van der Waals surface area (Å²) in [6.45, 7) is 7.81. The highest BCUT2D eigenvalue weighted by molar-refractivity contribution is 5.87. The molecule has 88 valence electrons. The summed E-state index contributed by atoms with van der Waals surface area (Å²) in [5.74, 6) is 0. The Balaban J connectivity index is 1.89. The van der Waals surface area contributed by atoms with Gasteiger partial charge in [0.1, 0.15) is 0 Å². The molecule has 0 fully saturated rings. The summed E-state index contributed by atoms with van der Waals surface area (Å²) in [6.07, 6.45) is 9.49. The normalized spacial score (nSPS) is 17.1. The number of hydrogen-bond acceptors (Lipinski definition) is 2. The summed E-state index contributed by atoms with van der Waals surface area (Å²) < 4.78 is 0. The molecule has 1 heterocycles. The van der Waals surface area contributed by atoms with E-state index in [0.717, 1.165) is 19.6 Å². The van der Waals surface area contributed by atoms with Gasteiger partial charge in [-0.3, -0.25) is 9.89 Å². The summed E-state index contributed by atoms with van der Waals surface area (Å²) in [5.41, 5.74) is 1.39. The molecule has 1 aliphatic rings. The Labute approximate surface area is 94.8 Å². The van der Waals surface area contributed by atoms with E-state index in [4.69, 9.17) is 0 Å². The van der Waals surface area contributed by atoms with E-state index in [2.05, 4.69) is 23.7 Å². The Morgan fingerprint density at radius 3 is 2.47 bits per heavy atom. The van der Waals surface area contributed by atoms with Crippen LogP contribution in [0.15, 0.2) is 4.99 Å². The van der Waals surface area contributed by atoms with Crippen LogP contribution in [0.4, 0.5) is 0 Å². The first kappa shape index (κ1) is 12.7. The molecule has 0 aromatic heterocycles. The summed E-state index contributed by atoms with van der Waals surface area (Å²) in [7, 11) is 0. The van der Waals surface area contributed by atoms with Crippen LogP contribution in [0.25, 0.3) is 0 Å². The van der Waals surface area contributed by atoms with Gasteiger partial charge in [-0.15, -0.1) is 0 Å². The zero-order valence-corrected chi connectivity index (χ0v) is 10.5. The van der Waals surface area contributed by atoms with E-state index in [-0.39, 0.29) is 0 Å². The molecule has 0 aliphatic carbocycles. The van der Waals surface area contributed by atoms with Crippen LogP contribution >= 0.6 is 0 Å². The molecule has 0 saturated carbocycles. The van der Waals surface area contributed by atoms with Crippen molar-refractivity contribution in [2.75, 3.05) is 19.8 Å². The molecule has 0 atom stereocenters. The highest BCUT2D eigenvalue weighted by Gasteiger charge is 2.12. The number of rotatable bonds is 8. The Morgan fingerprint density at radius 1 is 1.07 bits per heavy atom. The molecule has 0 radical (unpaired) electrons. The van der Waals surface area contributed by atoms with Gasteiger partial charge in [-0.25, -0.2) is 0 Å². The molecular formula is C13H26N2. The Bertz CT molecular complexity index is 187. The summed E-state index contributed by atoms with van der Waals surface area (Å²) >= 11 is 0. The molecule has 0 aromatic rings. The SMILES string of the molecule is CCCCCCCCN1CN=C(CC)C1. The molecule has 0 bridgehead atoms. The van der Waals surface area contributed by atoms with Crippen LogP contribution in [0.5, 0.6) is 0 Å².